The van der Waals surface area contributed by atoms with Gasteiger partial charge in [0.2, 0.25) is 0 Å². The molecule has 60 valence electrons. The summed E-state index contributed by atoms with van der Waals surface area (Å²) in [6, 6.07) is 0. The predicted molar refractivity (Wildman–Crippen MR) is 49.1 cm³/mol. The van der Waals surface area contributed by atoms with Crippen molar-refractivity contribution in [3.05, 3.63) is 15.0 Å². The minimum Gasteiger partial charge on any atom is -0.292 e. The van der Waals surface area contributed by atoms with Gasteiger partial charge in [0, 0.05) is 6.42 Å². The van der Waals surface area contributed by atoms with E-state index < -0.39 is 0 Å². The van der Waals surface area contributed by atoms with E-state index >= 15 is 0 Å². The smallest absolute Gasteiger partial charge is 0.183 e. The number of carbonyl (C=O) groups excluding carboxylic acids is 1. The number of ketones is 1. The third-order valence-electron chi connectivity index (χ3n) is 1.27. The van der Waals surface area contributed by atoms with Crippen molar-refractivity contribution in [2.24, 2.45) is 0 Å². The first-order valence-electron chi connectivity index (χ1n) is 3.38. The summed E-state index contributed by atoms with van der Waals surface area (Å²) in [5.41, 5.74) is 2.25. The van der Waals surface area contributed by atoms with E-state index in [-0.39, 0.29) is 5.78 Å². The van der Waals surface area contributed by atoms with E-state index in [1.165, 1.54) is 11.3 Å². The Hall–Kier alpha value is -0.220. The molecule has 0 aliphatic heterocycles. The topological polar surface area (TPSA) is 30.0 Å². The van der Waals surface area contributed by atoms with Gasteiger partial charge < -0.3 is 0 Å². The van der Waals surface area contributed by atoms with Gasteiger partial charge in [0.1, 0.15) is 9.48 Å². The van der Waals surface area contributed by atoms with Crippen molar-refractivity contribution < 1.29 is 4.79 Å². The highest BCUT2D eigenvalue weighted by atomic mass is 79.9. The lowest BCUT2D eigenvalue weighted by Gasteiger charge is -1.92. The first-order chi connectivity index (χ1) is 5.25. The number of rotatable bonds is 3. The van der Waals surface area contributed by atoms with Gasteiger partial charge in [0.15, 0.2) is 5.78 Å². The molecule has 0 saturated heterocycles. The maximum absolute atomic E-state index is 11.2. The molecule has 0 bridgehead atoms. The van der Waals surface area contributed by atoms with Crippen LogP contribution in [0.2, 0.25) is 0 Å². The molecule has 0 aliphatic carbocycles. The largest absolute Gasteiger partial charge is 0.292 e. The molecule has 0 amide bonds. The number of Topliss-reactive ketones (excluding diaryl/α,β-unsaturated/α-hetero) is 1. The minimum atomic E-state index is 0.126. The summed E-state index contributed by atoms with van der Waals surface area (Å²) >= 11 is 4.72. The lowest BCUT2D eigenvalue weighted by atomic mass is 10.2. The molecule has 0 N–H and O–H groups in total. The molecule has 0 spiro atoms. The Morgan fingerprint density at radius 3 is 3.00 bits per heavy atom. The molecule has 0 radical (unpaired) electrons. The van der Waals surface area contributed by atoms with Crippen LogP contribution < -0.4 is 0 Å². The number of thiazole rings is 1. The Balaban J connectivity index is 2.76. The Morgan fingerprint density at radius 2 is 2.55 bits per heavy atom. The maximum Gasteiger partial charge on any atom is 0.183 e. The van der Waals surface area contributed by atoms with Crippen molar-refractivity contribution in [1.29, 1.82) is 0 Å². The zero-order chi connectivity index (χ0) is 8.27. The molecular formula is C7H8BrNOS. The van der Waals surface area contributed by atoms with Crippen LogP contribution in [0.1, 0.15) is 30.3 Å². The highest BCUT2D eigenvalue weighted by Gasteiger charge is 2.10. The second-order valence-corrected chi connectivity index (χ2v) is 4.32. The van der Waals surface area contributed by atoms with Gasteiger partial charge in [0.25, 0.3) is 0 Å². The van der Waals surface area contributed by atoms with Crippen LogP contribution >= 0.6 is 27.3 Å². The van der Waals surface area contributed by atoms with Gasteiger partial charge in [-0.1, -0.05) is 6.92 Å². The van der Waals surface area contributed by atoms with Crippen molar-refractivity contribution in [2.75, 3.05) is 0 Å². The van der Waals surface area contributed by atoms with Gasteiger partial charge >= 0.3 is 0 Å². The minimum absolute atomic E-state index is 0.126. The van der Waals surface area contributed by atoms with Crippen LogP contribution in [0.25, 0.3) is 0 Å². The van der Waals surface area contributed by atoms with Crippen molar-refractivity contribution in [2.45, 2.75) is 19.8 Å². The number of carbonyl (C=O) groups is 1. The van der Waals surface area contributed by atoms with Crippen LogP contribution in [-0.2, 0) is 0 Å². The van der Waals surface area contributed by atoms with Crippen LogP contribution in [0.5, 0.6) is 0 Å². The average Bonchev–Trinajstić information content (AvgIpc) is 2.36. The van der Waals surface area contributed by atoms with E-state index in [4.69, 9.17) is 0 Å². The first-order valence-corrected chi connectivity index (χ1v) is 5.05. The first kappa shape index (κ1) is 8.87. The summed E-state index contributed by atoms with van der Waals surface area (Å²) < 4.78 is 0.843. The van der Waals surface area contributed by atoms with Crippen molar-refractivity contribution in [3.8, 4) is 0 Å². The van der Waals surface area contributed by atoms with E-state index in [0.29, 0.717) is 12.1 Å². The van der Waals surface area contributed by atoms with Gasteiger partial charge in [-0.15, -0.1) is 11.3 Å². The molecular weight excluding hydrogens is 226 g/mol. The fourth-order valence-corrected chi connectivity index (χ4v) is 1.86. The zero-order valence-corrected chi connectivity index (χ0v) is 8.54. The molecule has 1 rings (SSSR count). The predicted octanol–water partition coefficient (Wildman–Crippen LogP) is 2.89. The molecule has 4 heteroatoms. The van der Waals surface area contributed by atoms with E-state index in [0.717, 1.165) is 10.2 Å². The molecule has 1 aromatic rings. The van der Waals surface area contributed by atoms with Crippen molar-refractivity contribution in [1.82, 2.24) is 4.98 Å². The standard InChI is InChI=1S/C7H8BrNOS/c1-2-3-5(10)6-7(8)11-4-9-6/h4H,2-3H2,1H3. The lowest BCUT2D eigenvalue weighted by Crippen LogP contribution is -1.98. The van der Waals surface area contributed by atoms with E-state index in [1.807, 2.05) is 6.92 Å². The summed E-state index contributed by atoms with van der Waals surface area (Å²) in [6.45, 7) is 1.98. The number of aromatic nitrogens is 1. The number of hydrogen-bond donors (Lipinski definition) is 0. The van der Waals surface area contributed by atoms with Crippen molar-refractivity contribution >= 4 is 33.0 Å². The molecule has 0 aromatic carbocycles. The SMILES string of the molecule is CCCC(=O)c1ncsc1Br. The Morgan fingerprint density at radius 1 is 1.82 bits per heavy atom. The Bertz CT molecular complexity index is 259. The van der Waals surface area contributed by atoms with Crippen molar-refractivity contribution in [3.63, 3.8) is 0 Å². The molecule has 0 saturated carbocycles. The fourth-order valence-electron chi connectivity index (χ4n) is 0.759. The highest BCUT2D eigenvalue weighted by molar-refractivity contribution is 9.11. The van der Waals surface area contributed by atoms with Gasteiger partial charge in [-0.05, 0) is 22.4 Å². The molecule has 0 atom stereocenters. The fraction of sp³-hybridized carbons (Fsp3) is 0.429. The van der Waals surface area contributed by atoms with Crippen LogP contribution in [0.15, 0.2) is 9.30 Å². The van der Waals surface area contributed by atoms with Gasteiger partial charge in [-0.3, -0.25) is 4.79 Å². The number of nitrogens with zero attached hydrogens (tertiary/aromatic N) is 1. The third kappa shape index (κ3) is 2.10. The molecule has 2 nitrogen and oxygen atoms in total. The molecule has 1 heterocycles. The maximum atomic E-state index is 11.2. The van der Waals surface area contributed by atoms with Crippen LogP contribution in [-0.4, -0.2) is 10.8 Å². The third-order valence-corrected chi connectivity index (χ3v) is 2.81. The summed E-state index contributed by atoms with van der Waals surface area (Å²) in [6.07, 6.45) is 1.46. The summed E-state index contributed by atoms with van der Waals surface area (Å²) in [5, 5.41) is 0. The van der Waals surface area contributed by atoms with E-state index in [1.54, 1.807) is 5.51 Å². The van der Waals surface area contributed by atoms with Gasteiger partial charge in [0.05, 0.1) is 5.51 Å². The van der Waals surface area contributed by atoms with E-state index in [2.05, 4.69) is 20.9 Å². The molecule has 1 aromatic heterocycles. The van der Waals surface area contributed by atoms with E-state index in [9.17, 15) is 4.79 Å². The summed E-state index contributed by atoms with van der Waals surface area (Å²) in [7, 11) is 0. The highest BCUT2D eigenvalue weighted by Crippen LogP contribution is 2.21. The summed E-state index contributed by atoms with van der Waals surface area (Å²) in [5.74, 6) is 0.126. The average molecular weight is 234 g/mol. The monoisotopic (exact) mass is 233 g/mol. The summed E-state index contributed by atoms with van der Waals surface area (Å²) in [4.78, 5) is 15.2. The quantitative estimate of drug-likeness (QED) is 0.752. The lowest BCUT2D eigenvalue weighted by molar-refractivity contribution is 0.0977. The Labute approximate surface area is 77.8 Å². The van der Waals surface area contributed by atoms with Gasteiger partial charge in [-0.2, -0.15) is 0 Å². The normalized spacial score (nSPS) is 10.0. The Kier molecular flexibility index (Phi) is 3.20. The zero-order valence-electron chi connectivity index (χ0n) is 6.13. The molecule has 0 fully saturated rings. The molecule has 11 heavy (non-hydrogen) atoms. The molecule has 0 aliphatic rings. The molecule has 0 unspecified atom stereocenters. The second kappa shape index (κ2) is 3.97. The van der Waals surface area contributed by atoms with Crippen LogP contribution in [0, 0.1) is 0 Å². The number of hydrogen-bond acceptors (Lipinski definition) is 3. The second-order valence-electron chi connectivity index (χ2n) is 2.15. The van der Waals surface area contributed by atoms with Gasteiger partial charge in [-0.25, -0.2) is 4.98 Å². The van der Waals surface area contributed by atoms with Crippen LogP contribution in [0.3, 0.4) is 0 Å². The number of halogens is 1. The van der Waals surface area contributed by atoms with Crippen LogP contribution in [0.4, 0.5) is 0 Å².